The molecule has 1 aromatic carbocycles. The van der Waals surface area contributed by atoms with Crippen LogP contribution in [-0.4, -0.2) is 15.6 Å². The minimum absolute atomic E-state index is 0.117. The van der Waals surface area contributed by atoms with Gasteiger partial charge in [0, 0.05) is 17.9 Å². The third kappa shape index (κ3) is 4.09. The monoisotopic (exact) mass is 305 g/mol. The number of aromatic nitrogens is 1. The topological polar surface area (TPSA) is 42.2 Å². The zero-order chi connectivity index (χ0) is 15.9. The number of benzene rings is 1. The fourth-order valence-corrected chi connectivity index (χ4v) is 2.78. The standard InChI is InChI=1S/C18H24FNO2/c1-2-3-4-5-6-7-8-9-17(21)20-16-11-10-15(19)12-14(16)13-18(20)22/h10-13,22H,2-9H2,1H3. The second-order valence-electron chi connectivity index (χ2n) is 5.81. The average molecular weight is 305 g/mol. The molecule has 0 aliphatic carbocycles. The molecule has 2 aromatic rings. The number of carbonyl (C=O) groups excluding carboxylic acids is 1. The van der Waals surface area contributed by atoms with Crippen molar-refractivity contribution in [2.45, 2.75) is 58.3 Å². The SMILES string of the molecule is CCCCCCCCCC(=O)n1c(O)cc2cc(F)ccc21. The van der Waals surface area contributed by atoms with Gasteiger partial charge in [0.25, 0.3) is 0 Å². The van der Waals surface area contributed by atoms with Gasteiger partial charge >= 0.3 is 0 Å². The van der Waals surface area contributed by atoms with E-state index in [-0.39, 0.29) is 17.6 Å². The van der Waals surface area contributed by atoms with Crippen molar-refractivity contribution in [3.8, 4) is 5.88 Å². The van der Waals surface area contributed by atoms with Gasteiger partial charge in [-0.2, -0.15) is 0 Å². The number of aromatic hydroxyl groups is 1. The van der Waals surface area contributed by atoms with Gasteiger partial charge in [-0.1, -0.05) is 45.4 Å². The van der Waals surface area contributed by atoms with Crippen LogP contribution in [0, 0.1) is 5.82 Å². The summed E-state index contributed by atoms with van der Waals surface area (Å²) < 4.78 is 14.5. The first kappa shape index (κ1) is 16.5. The lowest BCUT2D eigenvalue weighted by Gasteiger charge is -2.06. The Morgan fingerprint density at radius 2 is 1.77 bits per heavy atom. The van der Waals surface area contributed by atoms with Gasteiger partial charge in [0.05, 0.1) is 5.52 Å². The molecule has 4 heteroatoms. The van der Waals surface area contributed by atoms with Gasteiger partial charge in [-0.25, -0.2) is 4.39 Å². The van der Waals surface area contributed by atoms with Crippen molar-refractivity contribution in [3.05, 3.63) is 30.1 Å². The van der Waals surface area contributed by atoms with Crippen molar-refractivity contribution in [1.29, 1.82) is 0 Å². The van der Waals surface area contributed by atoms with Gasteiger partial charge in [0.1, 0.15) is 5.82 Å². The fraction of sp³-hybridized carbons (Fsp3) is 0.500. The van der Waals surface area contributed by atoms with Crippen molar-refractivity contribution in [2.24, 2.45) is 0 Å². The van der Waals surface area contributed by atoms with E-state index in [1.54, 1.807) is 0 Å². The number of hydrogen-bond acceptors (Lipinski definition) is 2. The second kappa shape index (κ2) is 7.97. The Hall–Kier alpha value is -1.84. The molecule has 0 bridgehead atoms. The molecular formula is C18H24FNO2. The fourth-order valence-electron chi connectivity index (χ4n) is 2.78. The number of fused-ring (bicyclic) bond motifs is 1. The molecule has 0 spiro atoms. The van der Waals surface area contributed by atoms with E-state index in [1.165, 1.54) is 54.5 Å². The first-order valence-electron chi connectivity index (χ1n) is 8.16. The minimum Gasteiger partial charge on any atom is -0.494 e. The highest BCUT2D eigenvalue weighted by atomic mass is 19.1. The van der Waals surface area contributed by atoms with Crippen molar-refractivity contribution < 1.29 is 14.3 Å². The number of rotatable bonds is 8. The van der Waals surface area contributed by atoms with Crippen LogP contribution in [0.1, 0.15) is 63.1 Å². The lowest BCUT2D eigenvalue weighted by molar-refractivity contribution is 0.0895. The highest BCUT2D eigenvalue weighted by molar-refractivity contribution is 5.94. The molecule has 3 nitrogen and oxygen atoms in total. The third-order valence-electron chi connectivity index (χ3n) is 3.99. The molecule has 2 rings (SSSR count). The lowest BCUT2D eigenvalue weighted by atomic mass is 10.1. The summed E-state index contributed by atoms with van der Waals surface area (Å²) in [4.78, 5) is 12.3. The molecule has 0 unspecified atom stereocenters. The molecule has 0 radical (unpaired) electrons. The van der Waals surface area contributed by atoms with Crippen LogP contribution in [0.25, 0.3) is 10.9 Å². The Morgan fingerprint density at radius 3 is 2.50 bits per heavy atom. The third-order valence-corrected chi connectivity index (χ3v) is 3.99. The van der Waals surface area contributed by atoms with Crippen molar-refractivity contribution in [2.75, 3.05) is 0 Å². The molecule has 0 amide bonds. The molecular weight excluding hydrogens is 281 g/mol. The molecule has 22 heavy (non-hydrogen) atoms. The van der Waals surface area contributed by atoms with E-state index in [9.17, 15) is 14.3 Å². The summed E-state index contributed by atoms with van der Waals surface area (Å²) in [6.07, 6.45) is 8.41. The van der Waals surface area contributed by atoms with Gasteiger partial charge in [-0.05, 0) is 24.6 Å². The van der Waals surface area contributed by atoms with E-state index in [0.29, 0.717) is 17.3 Å². The molecule has 0 atom stereocenters. The Labute approximate surface area is 130 Å². The van der Waals surface area contributed by atoms with Crippen LogP contribution in [0.15, 0.2) is 24.3 Å². The Bertz CT molecular complexity index is 633. The van der Waals surface area contributed by atoms with Crippen molar-refractivity contribution >= 4 is 16.8 Å². The average Bonchev–Trinajstić information content (AvgIpc) is 2.81. The smallest absolute Gasteiger partial charge is 0.233 e. The molecule has 0 fully saturated rings. The maximum absolute atomic E-state index is 13.2. The highest BCUT2D eigenvalue weighted by Gasteiger charge is 2.14. The molecule has 0 aliphatic rings. The van der Waals surface area contributed by atoms with Crippen molar-refractivity contribution in [3.63, 3.8) is 0 Å². The molecule has 0 aliphatic heterocycles. The van der Waals surface area contributed by atoms with Gasteiger partial charge < -0.3 is 5.11 Å². The van der Waals surface area contributed by atoms with Gasteiger partial charge in [0.15, 0.2) is 5.88 Å². The first-order valence-corrected chi connectivity index (χ1v) is 8.16. The normalized spacial score (nSPS) is 11.2. The van der Waals surface area contributed by atoms with Crippen LogP contribution in [0.5, 0.6) is 5.88 Å². The number of halogens is 1. The van der Waals surface area contributed by atoms with Crippen LogP contribution >= 0.6 is 0 Å². The Kier molecular flexibility index (Phi) is 5.99. The number of nitrogens with zero attached hydrogens (tertiary/aromatic N) is 1. The lowest BCUT2D eigenvalue weighted by Crippen LogP contribution is -2.09. The zero-order valence-electron chi connectivity index (χ0n) is 13.1. The Balaban J connectivity index is 1.89. The molecule has 1 heterocycles. The maximum Gasteiger partial charge on any atom is 0.233 e. The second-order valence-corrected chi connectivity index (χ2v) is 5.81. The van der Waals surface area contributed by atoms with E-state index >= 15 is 0 Å². The van der Waals surface area contributed by atoms with E-state index < -0.39 is 0 Å². The molecule has 1 N–H and O–H groups in total. The van der Waals surface area contributed by atoms with Gasteiger partial charge in [-0.3, -0.25) is 9.36 Å². The maximum atomic E-state index is 13.2. The van der Waals surface area contributed by atoms with Crippen LogP contribution in [0.3, 0.4) is 0 Å². The van der Waals surface area contributed by atoms with Crippen LogP contribution in [0.4, 0.5) is 4.39 Å². The van der Waals surface area contributed by atoms with Gasteiger partial charge in [0.2, 0.25) is 5.91 Å². The van der Waals surface area contributed by atoms with E-state index in [2.05, 4.69) is 6.92 Å². The van der Waals surface area contributed by atoms with Crippen LogP contribution < -0.4 is 0 Å². The number of hydrogen-bond donors (Lipinski definition) is 1. The van der Waals surface area contributed by atoms with E-state index in [0.717, 1.165) is 19.3 Å². The summed E-state index contributed by atoms with van der Waals surface area (Å²) in [5.74, 6) is -0.620. The van der Waals surface area contributed by atoms with E-state index in [4.69, 9.17) is 0 Å². The molecule has 120 valence electrons. The van der Waals surface area contributed by atoms with E-state index in [1.807, 2.05) is 0 Å². The summed E-state index contributed by atoms with van der Waals surface area (Å²) in [7, 11) is 0. The van der Waals surface area contributed by atoms with Crippen molar-refractivity contribution in [1.82, 2.24) is 4.57 Å². The number of unbranched alkanes of at least 4 members (excludes halogenated alkanes) is 6. The largest absolute Gasteiger partial charge is 0.494 e. The molecule has 1 aromatic heterocycles. The minimum atomic E-state index is -0.371. The predicted molar refractivity (Wildman–Crippen MR) is 86.8 cm³/mol. The van der Waals surface area contributed by atoms with Crippen LogP contribution in [0.2, 0.25) is 0 Å². The zero-order valence-corrected chi connectivity index (χ0v) is 13.1. The Morgan fingerprint density at radius 1 is 1.09 bits per heavy atom. The van der Waals surface area contributed by atoms with Gasteiger partial charge in [-0.15, -0.1) is 0 Å². The van der Waals surface area contributed by atoms with Crippen LogP contribution in [-0.2, 0) is 0 Å². The number of carbonyl (C=O) groups is 1. The summed E-state index contributed by atoms with van der Waals surface area (Å²) in [5.41, 5.74) is 0.562. The molecule has 0 saturated carbocycles. The summed E-state index contributed by atoms with van der Waals surface area (Å²) >= 11 is 0. The quantitative estimate of drug-likeness (QED) is 0.675. The summed E-state index contributed by atoms with van der Waals surface area (Å²) in [6.45, 7) is 2.19. The first-order chi connectivity index (χ1) is 10.6. The predicted octanol–water partition coefficient (Wildman–Crippen LogP) is 5.27. The highest BCUT2D eigenvalue weighted by Crippen LogP contribution is 2.26. The molecule has 0 saturated heterocycles. The summed E-state index contributed by atoms with van der Waals surface area (Å²) in [6, 6.07) is 5.60. The summed E-state index contributed by atoms with van der Waals surface area (Å²) in [5, 5.41) is 10.5.